The van der Waals surface area contributed by atoms with E-state index in [0.29, 0.717) is 29.7 Å². The summed E-state index contributed by atoms with van der Waals surface area (Å²) in [5.74, 6) is 1.61. The van der Waals surface area contributed by atoms with Gasteiger partial charge in [0.1, 0.15) is 11.5 Å². The molecule has 24 heavy (non-hydrogen) atoms. The van der Waals surface area contributed by atoms with Gasteiger partial charge in [-0.05, 0) is 55.2 Å². The number of nitrogens with one attached hydrogen (secondary N) is 1. The number of aryl methyl sites for hydroxylation is 1. The van der Waals surface area contributed by atoms with Crippen molar-refractivity contribution in [2.75, 3.05) is 18.5 Å². The predicted molar refractivity (Wildman–Crippen MR) is 97.0 cm³/mol. The second kappa shape index (κ2) is 8.39. The SMILES string of the molecule is CCOc1ccccc1NC(=O)COc1ccc(C(C)C)c(C)c1. The lowest BCUT2D eigenvalue weighted by molar-refractivity contribution is -0.118. The zero-order valence-electron chi connectivity index (χ0n) is 14.8. The molecule has 0 bridgehead atoms. The number of carbonyl (C=O) groups is 1. The van der Waals surface area contributed by atoms with E-state index >= 15 is 0 Å². The molecule has 1 amide bonds. The summed E-state index contributed by atoms with van der Waals surface area (Å²) >= 11 is 0. The molecule has 0 unspecified atom stereocenters. The highest BCUT2D eigenvalue weighted by atomic mass is 16.5. The maximum Gasteiger partial charge on any atom is 0.262 e. The average Bonchev–Trinajstić information content (AvgIpc) is 2.55. The molecule has 0 fully saturated rings. The molecule has 0 saturated carbocycles. The summed E-state index contributed by atoms with van der Waals surface area (Å²) in [6.45, 7) is 8.79. The summed E-state index contributed by atoms with van der Waals surface area (Å²) < 4.78 is 11.1. The van der Waals surface area contributed by atoms with Gasteiger partial charge in [0.25, 0.3) is 5.91 Å². The van der Waals surface area contributed by atoms with E-state index in [-0.39, 0.29) is 12.5 Å². The van der Waals surface area contributed by atoms with Crippen molar-refractivity contribution in [1.29, 1.82) is 0 Å². The van der Waals surface area contributed by atoms with E-state index in [1.807, 2.05) is 43.3 Å². The van der Waals surface area contributed by atoms with E-state index in [4.69, 9.17) is 9.47 Å². The van der Waals surface area contributed by atoms with Crippen LogP contribution < -0.4 is 14.8 Å². The standard InChI is InChI=1S/C20H25NO3/c1-5-23-19-9-7-6-8-18(19)21-20(22)13-24-16-10-11-17(14(2)3)15(4)12-16/h6-12,14H,5,13H2,1-4H3,(H,21,22). The molecule has 0 aliphatic carbocycles. The van der Waals surface area contributed by atoms with E-state index < -0.39 is 0 Å². The summed E-state index contributed by atoms with van der Waals surface area (Å²) in [7, 11) is 0. The van der Waals surface area contributed by atoms with Crippen molar-refractivity contribution in [3.05, 3.63) is 53.6 Å². The van der Waals surface area contributed by atoms with Crippen molar-refractivity contribution in [1.82, 2.24) is 0 Å². The van der Waals surface area contributed by atoms with Crippen LogP contribution in [0.3, 0.4) is 0 Å². The maximum absolute atomic E-state index is 12.1. The summed E-state index contributed by atoms with van der Waals surface area (Å²) in [5, 5.41) is 2.82. The zero-order valence-corrected chi connectivity index (χ0v) is 14.8. The average molecular weight is 327 g/mol. The lowest BCUT2D eigenvalue weighted by Gasteiger charge is -2.13. The molecule has 0 radical (unpaired) electrons. The summed E-state index contributed by atoms with van der Waals surface area (Å²) in [4.78, 5) is 12.1. The number of benzene rings is 2. The lowest BCUT2D eigenvalue weighted by Crippen LogP contribution is -2.20. The third-order valence-corrected chi connectivity index (χ3v) is 3.69. The van der Waals surface area contributed by atoms with E-state index in [0.717, 1.165) is 0 Å². The number of hydrogen-bond acceptors (Lipinski definition) is 3. The zero-order chi connectivity index (χ0) is 17.5. The van der Waals surface area contributed by atoms with Crippen molar-refractivity contribution in [3.8, 4) is 11.5 Å². The molecule has 4 nitrogen and oxygen atoms in total. The fourth-order valence-corrected chi connectivity index (χ4v) is 2.57. The van der Waals surface area contributed by atoms with Crippen LogP contribution in [0, 0.1) is 6.92 Å². The molecule has 2 aromatic carbocycles. The molecule has 1 N–H and O–H groups in total. The number of carbonyl (C=O) groups excluding carboxylic acids is 1. The second-order valence-electron chi connectivity index (χ2n) is 5.94. The van der Waals surface area contributed by atoms with Crippen LogP contribution >= 0.6 is 0 Å². The van der Waals surface area contributed by atoms with Crippen molar-refractivity contribution in [3.63, 3.8) is 0 Å². The quantitative estimate of drug-likeness (QED) is 0.812. The normalized spacial score (nSPS) is 10.5. The smallest absolute Gasteiger partial charge is 0.262 e. The Kier molecular flexibility index (Phi) is 6.24. The molecule has 0 aliphatic heterocycles. The van der Waals surface area contributed by atoms with Gasteiger partial charge in [0.2, 0.25) is 0 Å². The molecule has 128 valence electrons. The van der Waals surface area contributed by atoms with E-state index in [9.17, 15) is 4.79 Å². The van der Waals surface area contributed by atoms with E-state index in [1.54, 1.807) is 0 Å². The number of anilines is 1. The minimum atomic E-state index is -0.215. The molecule has 2 rings (SSSR count). The van der Waals surface area contributed by atoms with Gasteiger partial charge in [-0.1, -0.05) is 32.0 Å². The Morgan fingerprint density at radius 3 is 2.54 bits per heavy atom. The number of amides is 1. The lowest BCUT2D eigenvalue weighted by atomic mass is 9.98. The molecule has 0 atom stereocenters. The molecule has 0 saturated heterocycles. The number of rotatable bonds is 7. The Balaban J connectivity index is 1.95. The number of ether oxygens (including phenoxy) is 2. The summed E-state index contributed by atoms with van der Waals surface area (Å²) in [6.07, 6.45) is 0. The fourth-order valence-electron chi connectivity index (χ4n) is 2.57. The van der Waals surface area contributed by atoms with Crippen molar-refractivity contribution in [2.45, 2.75) is 33.6 Å². The van der Waals surface area contributed by atoms with Gasteiger partial charge in [0, 0.05) is 0 Å². The van der Waals surface area contributed by atoms with Crippen molar-refractivity contribution >= 4 is 11.6 Å². The molecule has 0 heterocycles. The molecule has 0 aromatic heterocycles. The highest BCUT2D eigenvalue weighted by Crippen LogP contribution is 2.25. The maximum atomic E-state index is 12.1. The molecular weight excluding hydrogens is 302 g/mol. The second-order valence-corrected chi connectivity index (χ2v) is 5.94. The number of para-hydroxylation sites is 2. The van der Waals surface area contributed by atoms with Crippen LogP contribution in [-0.2, 0) is 4.79 Å². The molecule has 2 aromatic rings. The van der Waals surface area contributed by atoms with Gasteiger partial charge < -0.3 is 14.8 Å². The van der Waals surface area contributed by atoms with E-state index in [2.05, 4.69) is 32.2 Å². The van der Waals surface area contributed by atoms with Crippen LogP contribution in [-0.4, -0.2) is 19.1 Å². The predicted octanol–water partition coefficient (Wildman–Crippen LogP) is 4.53. The van der Waals surface area contributed by atoms with Crippen LogP contribution in [0.1, 0.15) is 37.8 Å². The van der Waals surface area contributed by atoms with Crippen LogP contribution in [0.5, 0.6) is 11.5 Å². The highest BCUT2D eigenvalue weighted by Gasteiger charge is 2.09. The third-order valence-electron chi connectivity index (χ3n) is 3.69. The monoisotopic (exact) mass is 327 g/mol. The van der Waals surface area contributed by atoms with Gasteiger partial charge in [-0.25, -0.2) is 0 Å². The molecule has 4 heteroatoms. The van der Waals surface area contributed by atoms with E-state index in [1.165, 1.54) is 11.1 Å². The largest absolute Gasteiger partial charge is 0.492 e. The molecule has 0 aliphatic rings. The minimum Gasteiger partial charge on any atom is -0.492 e. The Hall–Kier alpha value is -2.49. The van der Waals surface area contributed by atoms with Crippen LogP contribution in [0.25, 0.3) is 0 Å². The first-order valence-corrected chi connectivity index (χ1v) is 8.26. The highest BCUT2D eigenvalue weighted by molar-refractivity contribution is 5.93. The van der Waals surface area contributed by atoms with Crippen molar-refractivity contribution < 1.29 is 14.3 Å². The Bertz CT molecular complexity index is 695. The topological polar surface area (TPSA) is 47.6 Å². The summed E-state index contributed by atoms with van der Waals surface area (Å²) in [6, 6.07) is 13.3. The van der Waals surface area contributed by atoms with Gasteiger partial charge >= 0.3 is 0 Å². The Morgan fingerprint density at radius 2 is 1.88 bits per heavy atom. The summed E-state index contributed by atoms with van der Waals surface area (Å²) in [5.41, 5.74) is 3.11. The van der Waals surface area contributed by atoms with Gasteiger partial charge in [0.15, 0.2) is 6.61 Å². The first-order chi connectivity index (χ1) is 11.5. The van der Waals surface area contributed by atoms with Crippen LogP contribution in [0.4, 0.5) is 5.69 Å². The van der Waals surface area contributed by atoms with Gasteiger partial charge in [-0.2, -0.15) is 0 Å². The van der Waals surface area contributed by atoms with Gasteiger partial charge in [-0.3, -0.25) is 4.79 Å². The Labute approximate surface area is 143 Å². The van der Waals surface area contributed by atoms with Crippen LogP contribution in [0.15, 0.2) is 42.5 Å². The first kappa shape index (κ1) is 17.9. The molecular formula is C20H25NO3. The number of hydrogen-bond donors (Lipinski definition) is 1. The van der Waals surface area contributed by atoms with Gasteiger partial charge in [-0.15, -0.1) is 0 Å². The van der Waals surface area contributed by atoms with Gasteiger partial charge in [0.05, 0.1) is 12.3 Å². The first-order valence-electron chi connectivity index (χ1n) is 8.26. The molecule has 0 spiro atoms. The van der Waals surface area contributed by atoms with Crippen LogP contribution in [0.2, 0.25) is 0 Å². The van der Waals surface area contributed by atoms with Crippen molar-refractivity contribution in [2.24, 2.45) is 0 Å². The Morgan fingerprint density at radius 1 is 1.12 bits per heavy atom. The minimum absolute atomic E-state index is 0.0407. The third kappa shape index (κ3) is 4.75. The fraction of sp³-hybridized carbons (Fsp3) is 0.350.